The van der Waals surface area contributed by atoms with Gasteiger partial charge in [0.25, 0.3) is 0 Å². The first-order valence-electron chi connectivity index (χ1n) is 7.06. The molecule has 0 aliphatic carbocycles. The molecule has 0 aromatic carbocycles. The molecule has 0 spiro atoms. The van der Waals surface area contributed by atoms with E-state index in [9.17, 15) is 14.4 Å². The molecule has 0 fully saturated rings. The number of rotatable bonds is 16. The van der Waals surface area contributed by atoms with Gasteiger partial charge >= 0.3 is 17.9 Å². The number of carboxylic acids is 3. The summed E-state index contributed by atoms with van der Waals surface area (Å²) >= 11 is 0. The Morgan fingerprint density at radius 2 is 1.30 bits per heavy atom. The molecular formula is C13H23NO9. The average Bonchev–Trinajstić information content (AvgIpc) is 2.46. The molecule has 4 N–H and O–H groups in total. The fourth-order valence-electron chi connectivity index (χ4n) is 1.43. The van der Waals surface area contributed by atoms with Gasteiger partial charge in [0.2, 0.25) is 0 Å². The highest BCUT2D eigenvalue weighted by atomic mass is 16.5. The van der Waals surface area contributed by atoms with Crippen molar-refractivity contribution in [2.45, 2.75) is 18.9 Å². The van der Waals surface area contributed by atoms with E-state index in [2.05, 4.69) is 5.32 Å². The molecule has 10 heteroatoms. The van der Waals surface area contributed by atoms with Crippen LogP contribution in [0.2, 0.25) is 0 Å². The highest BCUT2D eigenvalue weighted by molar-refractivity contribution is 5.80. The summed E-state index contributed by atoms with van der Waals surface area (Å²) in [5.41, 5.74) is 0. The molecule has 0 rings (SSSR count). The minimum atomic E-state index is -1.22. The van der Waals surface area contributed by atoms with Crippen LogP contribution in [0.3, 0.4) is 0 Å². The lowest BCUT2D eigenvalue weighted by Crippen LogP contribution is -2.40. The number of carboxylic acid groups (broad SMARTS) is 3. The highest BCUT2D eigenvalue weighted by Crippen LogP contribution is 1.92. The number of hydrogen-bond donors (Lipinski definition) is 4. The zero-order valence-corrected chi connectivity index (χ0v) is 12.7. The van der Waals surface area contributed by atoms with Gasteiger partial charge in [0.05, 0.1) is 52.5 Å². The molecule has 0 aliphatic heterocycles. The van der Waals surface area contributed by atoms with E-state index in [4.69, 9.17) is 29.5 Å². The number of hydrogen-bond acceptors (Lipinski definition) is 7. The van der Waals surface area contributed by atoms with Gasteiger partial charge < -0.3 is 34.8 Å². The zero-order valence-electron chi connectivity index (χ0n) is 12.7. The van der Waals surface area contributed by atoms with Crippen LogP contribution in [0, 0.1) is 0 Å². The van der Waals surface area contributed by atoms with E-state index >= 15 is 0 Å². The Morgan fingerprint density at radius 1 is 0.783 bits per heavy atom. The molecule has 0 saturated heterocycles. The molecule has 0 bridgehead atoms. The van der Waals surface area contributed by atoms with E-state index in [0.717, 1.165) is 0 Å². The average molecular weight is 337 g/mol. The van der Waals surface area contributed by atoms with Gasteiger partial charge in [-0.2, -0.15) is 0 Å². The Balaban J connectivity index is 3.37. The quantitative estimate of drug-likeness (QED) is 0.259. The third-order valence-electron chi connectivity index (χ3n) is 2.52. The topological polar surface area (TPSA) is 152 Å². The summed E-state index contributed by atoms with van der Waals surface area (Å²) in [6.45, 7) is 1.81. The predicted molar refractivity (Wildman–Crippen MR) is 76.4 cm³/mol. The summed E-state index contributed by atoms with van der Waals surface area (Å²) in [5, 5.41) is 28.3. The van der Waals surface area contributed by atoms with Crippen molar-refractivity contribution >= 4 is 17.9 Å². The summed E-state index contributed by atoms with van der Waals surface area (Å²) in [6.07, 6.45) is -0.546. The number of carbonyl (C=O) groups is 3. The standard InChI is InChI=1S/C13H23NO9/c15-11(16)1-3-21-5-7-23-8-6-22-4-2-14-10(13(19)20)9-12(17)18/h10,14H,1-9H2,(H,15,16)(H,17,18)(H,19,20). The van der Waals surface area contributed by atoms with Gasteiger partial charge in [-0.25, -0.2) is 0 Å². The maximum atomic E-state index is 10.8. The second-order valence-electron chi connectivity index (χ2n) is 4.42. The van der Waals surface area contributed by atoms with E-state index < -0.39 is 30.4 Å². The van der Waals surface area contributed by atoms with Crippen molar-refractivity contribution in [1.29, 1.82) is 0 Å². The molecule has 134 valence electrons. The Hall–Kier alpha value is -1.75. The summed E-state index contributed by atoms with van der Waals surface area (Å²) in [5.74, 6) is -3.33. The maximum absolute atomic E-state index is 10.8. The van der Waals surface area contributed by atoms with Crippen LogP contribution in [0.25, 0.3) is 0 Å². The first kappa shape index (κ1) is 21.2. The van der Waals surface area contributed by atoms with Crippen molar-refractivity contribution in [3.8, 4) is 0 Å². The van der Waals surface area contributed by atoms with Crippen molar-refractivity contribution in [2.24, 2.45) is 0 Å². The van der Waals surface area contributed by atoms with Gasteiger partial charge in [-0.1, -0.05) is 0 Å². The molecule has 0 radical (unpaired) electrons. The van der Waals surface area contributed by atoms with Crippen LogP contribution >= 0.6 is 0 Å². The lowest BCUT2D eigenvalue weighted by Gasteiger charge is -2.12. The third-order valence-corrected chi connectivity index (χ3v) is 2.52. The van der Waals surface area contributed by atoms with Crippen LogP contribution in [0.15, 0.2) is 0 Å². The molecular weight excluding hydrogens is 314 g/mol. The van der Waals surface area contributed by atoms with Crippen LogP contribution in [0.5, 0.6) is 0 Å². The fourth-order valence-corrected chi connectivity index (χ4v) is 1.43. The van der Waals surface area contributed by atoms with Gasteiger partial charge in [-0.05, 0) is 0 Å². The summed E-state index contributed by atoms with van der Waals surface area (Å²) in [7, 11) is 0. The summed E-state index contributed by atoms with van der Waals surface area (Å²) in [4.78, 5) is 31.4. The SMILES string of the molecule is O=C(O)CCOCCOCCOCCNC(CC(=O)O)C(=O)O. The molecule has 23 heavy (non-hydrogen) atoms. The van der Waals surface area contributed by atoms with Crippen LogP contribution in [-0.2, 0) is 28.6 Å². The Kier molecular flexibility index (Phi) is 12.8. The molecule has 0 heterocycles. The fraction of sp³-hybridized carbons (Fsp3) is 0.769. The van der Waals surface area contributed by atoms with Gasteiger partial charge in [0.15, 0.2) is 0 Å². The lowest BCUT2D eigenvalue weighted by atomic mass is 10.2. The van der Waals surface area contributed by atoms with Gasteiger partial charge in [0, 0.05) is 6.54 Å². The smallest absolute Gasteiger partial charge is 0.321 e. The van der Waals surface area contributed by atoms with Gasteiger partial charge in [-0.3, -0.25) is 14.4 Å². The van der Waals surface area contributed by atoms with Crippen LogP contribution < -0.4 is 5.32 Å². The van der Waals surface area contributed by atoms with E-state index in [1.807, 2.05) is 0 Å². The predicted octanol–water partition coefficient (Wildman–Crippen LogP) is -0.972. The normalized spacial score (nSPS) is 12.0. The molecule has 0 aliphatic rings. The van der Waals surface area contributed by atoms with Crippen molar-refractivity contribution in [3.63, 3.8) is 0 Å². The van der Waals surface area contributed by atoms with Gasteiger partial charge in [-0.15, -0.1) is 0 Å². The lowest BCUT2D eigenvalue weighted by molar-refractivity contribution is -0.146. The first-order chi connectivity index (χ1) is 10.9. The second kappa shape index (κ2) is 13.9. The molecule has 10 nitrogen and oxygen atoms in total. The van der Waals surface area contributed by atoms with E-state index in [-0.39, 0.29) is 26.2 Å². The molecule has 0 aromatic heterocycles. The Labute approximate surface area is 133 Å². The van der Waals surface area contributed by atoms with Gasteiger partial charge in [0.1, 0.15) is 6.04 Å². The Bertz CT molecular complexity index is 361. The maximum Gasteiger partial charge on any atom is 0.321 e. The van der Waals surface area contributed by atoms with Crippen LogP contribution in [0.4, 0.5) is 0 Å². The minimum Gasteiger partial charge on any atom is -0.481 e. The number of aliphatic carboxylic acids is 3. The van der Waals surface area contributed by atoms with Crippen molar-refractivity contribution in [3.05, 3.63) is 0 Å². The number of ether oxygens (including phenoxy) is 3. The molecule has 1 unspecified atom stereocenters. The van der Waals surface area contributed by atoms with E-state index in [1.54, 1.807) is 0 Å². The zero-order chi connectivity index (χ0) is 17.5. The van der Waals surface area contributed by atoms with Crippen molar-refractivity contribution < 1.29 is 43.9 Å². The first-order valence-corrected chi connectivity index (χ1v) is 7.06. The van der Waals surface area contributed by atoms with Crippen molar-refractivity contribution in [2.75, 3.05) is 46.2 Å². The largest absolute Gasteiger partial charge is 0.481 e. The highest BCUT2D eigenvalue weighted by Gasteiger charge is 2.19. The molecule has 0 aromatic rings. The van der Waals surface area contributed by atoms with Crippen LogP contribution in [-0.4, -0.2) is 85.5 Å². The second-order valence-corrected chi connectivity index (χ2v) is 4.42. The van der Waals surface area contributed by atoms with E-state index in [0.29, 0.717) is 26.4 Å². The molecule has 0 saturated carbocycles. The molecule has 0 amide bonds. The van der Waals surface area contributed by atoms with Crippen LogP contribution in [0.1, 0.15) is 12.8 Å². The van der Waals surface area contributed by atoms with Crippen molar-refractivity contribution in [1.82, 2.24) is 5.32 Å². The summed E-state index contributed by atoms with van der Waals surface area (Å²) < 4.78 is 15.4. The third kappa shape index (κ3) is 14.9. The monoisotopic (exact) mass is 337 g/mol. The molecule has 1 atom stereocenters. The van der Waals surface area contributed by atoms with E-state index in [1.165, 1.54) is 0 Å². The summed E-state index contributed by atoms with van der Waals surface area (Å²) in [6, 6.07) is -1.14. The Morgan fingerprint density at radius 3 is 1.78 bits per heavy atom. The minimum absolute atomic E-state index is 0.0463. The number of nitrogens with one attached hydrogen (secondary N) is 1.